The lowest BCUT2D eigenvalue weighted by molar-refractivity contribution is -0.171. The minimum atomic E-state index is -1.48. The second kappa shape index (κ2) is 8.11. The fourth-order valence-corrected chi connectivity index (χ4v) is 2.09. The lowest BCUT2D eigenvalue weighted by Crippen LogP contribution is -2.43. The van der Waals surface area contributed by atoms with Gasteiger partial charge in [0, 0.05) is 12.8 Å². The highest BCUT2D eigenvalue weighted by Gasteiger charge is 2.48. The van der Waals surface area contributed by atoms with Gasteiger partial charge in [-0.25, -0.2) is 0 Å². The van der Waals surface area contributed by atoms with Crippen molar-refractivity contribution in [2.75, 3.05) is 13.2 Å². The van der Waals surface area contributed by atoms with E-state index in [9.17, 15) is 9.59 Å². The maximum atomic E-state index is 12.4. The Morgan fingerprint density at radius 3 is 2.05 bits per heavy atom. The van der Waals surface area contributed by atoms with Crippen LogP contribution in [0.5, 0.6) is 0 Å². The Morgan fingerprint density at radius 2 is 1.62 bits per heavy atom. The Bertz CT molecular complexity index is 495. The minimum Gasteiger partial charge on any atom is -0.465 e. The summed E-state index contributed by atoms with van der Waals surface area (Å²) in [7, 11) is 0. The van der Waals surface area contributed by atoms with Gasteiger partial charge in [0.25, 0.3) is 0 Å². The molecule has 21 heavy (non-hydrogen) atoms. The lowest BCUT2D eigenvalue weighted by atomic mass is 9.78. The summed E-state index contributed by atoms with van der Waals surface area (Å²) in [5.74, 6) is 1.14. The highest BCUT2D eigenvalue weighted by Crippen LogP contribution is 2.31. The number of hydrogen-bond acceptors (Lipinski definition) is 4. The molecule has 4 nitrogen and oxygen atoms in total. The summed E-state index contributed by atoms with van der Waals surface area (Å²) in [6.45, 7) is 3.73. The molecule has 112 valence electrons. The SMILES string of the molecule is C#CCC(Cc1ccccc1)(C(=O)OCC)C(=O)OCC. The molecule has 0 fully saturated rings. The van der Waals surface area contributed by atoms with Crippen molar-refractivity contribution >= 4 is 11.9 Å². The molecule has 0 atom stereocenters. The number of carbonyl (C=O) groups is 2. The molecule has 0 N–H and O–H groups in total. The van der Waals surface area contributed by atoms with E-state index in [2.05, 4.69) is 5.92 Å². The van der Waals surface area contributed by atoms with Crippen LogP contribution in [0, 0.1) is 17.8 Å². The van der Waals surface area contributed by atoms with Gasteiger partial charge in [0.05, 0.1) is 13.2 Å². The topological polar surface area (TPSA) is 52.6 Å². The van der Waals surface area contributed by atoms with Crippen LogP contribution in [-0.2, 0) is 25.5 Å². The summed E-state index contributed by atoms with van der Waals surface area (Å²) in [5.41, 5.74) is -0.656. The Kier molecular flexibility index (Phi) is 6.48. The lowest BCUT2D eigenvalue weighted by Gasteiger charge is -2.27. The number of terminal acetylenes is 1. The number of esters is 2. The molecule has 0 spiro atoms. The smallest absolute Gasteiger partial charge is 0.324 e. The van der Waals surface area contributed by atoms with Crippen molar-refractivity contribution in [3.05, 3.63) is 35.9 Å². The average Bonchev–Trinajstić information content (AvgIpc) is 2.48. The van der Waals surface area contributed by atoms with Crippen LogP contribution in [0.1, 0.15) is 25.8 Å². The van der Waals surface area contributed by atoms with Crippen molar-refractivity contribution in [2.24, 2.45) is 5.41 Å². The third kappa shape index (κ3) is 4.09. The molecule has 0 saturated carbocycles. The molecule has 0 aliphatic carbocycles. The maximum absolute atomic E-state index is 12.4. The van der Waals surface area contributed by atoms with E-state index in [1.807, 2.05) is 30.3 Å². The fourth-order valence-electron chi connectivity index (χ4n) is 2.09. The first-order valence-electron chi connectivity index (χ1n) is 6.92. The molecule has 1 aromatic rings. The van der Waals surface area contributed by atoms with E-state index in [-0.39, 0.29) is 26.1 Å². The molecular formula is C17H20O4. The molecule has 0 amide bonds. The van der Waals surface area contributed by atoms with Crippen LogP contribution in [0.25, 0.3) is 0 Å². The van der Waals surface area contributed by atoms with E-state index in [1.165, 1.54) is 0 Å². The zero-order valence-corrected chi connectivity index (χ0v) is 12.4. The molecule has 0 aliphatic heterocycles. The van der Waals surface area contributed by atoms with Gasteiger partial charge < -0.3 is 9.47 Å². The molecule has 0 aromatic heterocycles. The first-order valence-corrected chi connectivity index (χ1v) is 6.92. The third-order valence-corrected chi connectivity index (χ3v) is 3.08. The van der Waals surface area contributed by atoms with E-state index in [4.69, 9.17) is 15.9 Å². The number of hydrogen-bond donors (Lipinski definition) is 0. The summed E-state index contributed by atoms with van der Waals surface area (Å²) in [6.07, 6.45) is 5.48. The maximum Gasteiger partial charge on any atom is 0.324 e. The molecule has 0 heterocycles. The summed E-state index contributed by atoms with van der Waals surface area (Å²) in [6, 6.07) is 9.22. The Hall–Kier alpha value is -2.28. The van der Waals surface area contributed by atoms with Gasteiger partial charge in [-0.2, -0.15) is 0 Å². The Labute approximate surface area is 125 Å². The van der Waals surface area contributed by atoms with Gasteiger partial charge in [-0.3, -0.25) is 9.59 Å². The first kappa shape index (κ1) is 16.8. The predicted octanol–water partition coefficient (Wildman–Crippen LogP) is 2.37. The van der Waals surface area contributed by atoms with Crippen LogP contribution in [0.4, 0.5) is 0 Å². The zero-order chi connectivity index (χ0) is 15.7. The first-order chi connectivity index (χ1) is 10.1. The zero-order valence-electron chi connectivity index (χ0n) is 12.4. The van der Waals surface area contributed by atoms with Crippen molar-refractivity contribution in [2.45, 2.75) is 26.7 Å². The Balaban J connectivity index is 3.19. The summed E-state index contributed by atoms with van der Waals surface area (Å²) < 4.78 is 10.1. The summed E-state index contributed by atoms with van der Waals surface area (Å²) in [5, 5.41) is 0. The molecule has 1 rings (SSSR count). The molecule has 0 saturated heterocycles. The van der Waals surface area contributed by atoms with Crippen molar-refractivity contribution in [1.29, 1.82) is 0 Å². The number of rotatable bonds is 7. The molecule has 0 bridgehead atoms. The van der Waals surface area contributed by atoms with Gasteiger partial charge in [-0.05, 0) is 19.4 Å². The highest BCUT2D eigenvalue weighted by molar-refractivity contribution is 6.00. The van der Waals surface area contributed by atoms with Gasteiger partial charge >= 0.3 is 11.9 Å². The summed E-state index contributed by atoms with van der Waals surface area (Å²) >= 11 is 0. The average molecular weight is 288 g/mol. The standard InChI is InChI=1S/C17H20O4/c1-4-12-17(15(18)20-5-2,16(19)21-6-3)13-14-10-8-7-9-11-14/h1,7-11H,5-6,12-13H2,2-3H3. The number of benzene rings is 1. The number of carbonyl (C=O) groups excluding carboxylic acids is 2. The van der Waals surface area contributed by atoms with Crippen molar-refractivity contribution in [3.63, 3.8) is 0 Å². The van der Waals surface area contributed by atoms with Gasteiger partial charge in [-0.15, -0.1) is 12.3 Å². The van der Waals surface area contributed by atoms with Gasteiger partial charge in [-0.1, -0.05) is 30.3 Å². The highest BCUT2D eigenvalue weighted by atomic mass is 16.6. The molecule has 4 heteroatoms. The predicted molar refractivity (Wildman–Crippen MR) is 79.3 cm³/mol. The van der Waals surface area contributed by atoms with Gasteiger partial charge in [0.15, 0.2) is 5.41 Å². The Morgan fingerprint density at radius 1 is 1.10 bits per heavy atom. The van der Waals surface area contributed by atoms with E-state index in [0.29, 0.717) is 0 Å². The van der Waals surface area contributed by atoms with Crippen LogP contribution in [-0.4, -0.2) is 25.2 Å². The molecule has 1 aromatic carbocycles. The van der Waals surface area contributed by atoms with E-state index in [0.717, 1.165) is 5.56 Å². The van der Waals surface area contributed by atoms with Crippen LogP contribution in [0.2, 0.25) is 0 Å². The van der Waals surface area contributed by atoms with E-state index in [1.54, 1.807) is 13.8 Å². The van der Waals surface area contributed by atoms with E-state index < -0.39 is 17.4 Å². The summed E-state index contributed by atoms with van der Waals surface area (Å²) in [4.78, 5) is 24.7. The molecule has 0 aliphatic rings. The van der Waals surface area contributed by atoms with E-state index >= 15 is 0 Å². The van der Waals surface area contributed by atoms with Crippen molar-refractivity contribution in [3.8, 4) is 12.3 Å². The monoisotopic (exact) mass is 288 g/mol. The van der Waals surface area contributed by atoms with Crippen molar-refractivity contribution in [1.82, 2.24) is 0 Å². The number of ether oxygens (including phenoxy) is 2. The van der Waals surface area contributed by atoms with Crippen LogP contribution < -0.4 is 0 Å². The van der Waals surface area contributed by atoms with Gasteiger partial charge in [0.2, 0.25) is 0 Å². The third-order valence-electron chi connectivity index (χ3n) is 3.08. The molecular weight excluding hydrogens is 268 g/mol. The molecule has 0 radical (unpaired) electrons. The minimum absolute atomic E-state index is 0.0560. The van der Waals surface area contributed by atoms with Crippen molar-refractivity contribution < 1.29 is 19.1 Å². The second-order valence-electron chi connectivity index (χ2n) is 4.57. The van der Waals surface area contributed by atoms with Crippen LogP contribution in [0.15, 0.2) is 30.3 Å². The van der Waals surface area contributed by atoms with Crippen LogP contribution >= 0.6 is 0 Å². The second-order valence-corrected chi connectivity index (χ2v) is 4.57. The van der Waals surface area contributed by atoms with Gasteiger partial charge in [0.1, 0.15) is 0 Å². The quantitative estimate of drug-likeness (QED) is 0.439. The fraction of sp³-hybridized carbons (Fsp3) is 0.412. The van der Waals surface area contributed by atoms with Crippen LogP contribution in [0.3, 0.4) is 0 Å². The largest absolute Gasteiger partial charge is 0.465 e. The normalized spacial score (nSPS) is 10.5. The molecule has 0 unspecified atom stereocenters.